The number of carbonyl (C=O) groups is 1. The Morgan fingerprint density at radius 2 is 2.12 bits per heavy atom. The maximum Gasteiger partial charge on any atom is 0.306 e. The van der Waals surface area contributed by atoms with Crippen LogP contribution in [0.5, 0.6) is 11.5 Å². The highest BCUT2D eigenvalue weighted by molar-refractivity contribution is 7.91. The largest absolute Gasteiger partial charge is 0.493 e. The predicted molar refractivity (Wildman–Crippen MR) is 86.0 cm³/mol. The first kappa shape index (κ1) is 18.5. The van der Waals surface area contributed by atoms with Crippen LogP contribution in [0, 0.1) is 0 Å². The lowest BCUT2D eigenvalue weighted by Gasteiger charge is -2.18. The van der Waals surface area contributed by atoms with Crippen LogP contribution >= 0.6 is 0 Å². The average Bonchev–Trinajstić information content (AvgIpc) is 2.98. The number of rotatable bonds is 8. The van der Waals surface area contributed by atoms with Gasteiger partial charge in [0.15, 0.2) is 21.3 Å². The molecule has 1 aliphatic heterocycles. The molecule has 1 aromatic rings. The highest BCUT2D eigenvalue weighted by Gasteiger charge is 2.30. The van der Waals surface area contributed by atoms with E-state index in [1.165, 1.54) is 13.2 Å². The third kappa shape index (κ3) is 3.99. The van der Waals surface area contributed by atoms with E-state index in [1.807, 2.05) is 6.92 Å². The molecule has 0 bridgehead atoms. The van der Waals surface area contributed by atoms with Crippen molar-refractivity contribution in [2.24, 2.45) is 0 Å². The van der Waals surface area contributed by atoms with Crippen LogP contribution in [0.1, 0.15) is 37.9 Å². The van der Waals surface area contributed by atoms with Gasteiger partial charge in [-0.2, -0.15) is 0 Å². The Kier molecular flexibility index (Phi) is 6.06. The van der Waals surface area contributed by atoms with E-state index in [0.717, 1.165) is 0 Å². The summed E-state index contributed by atoms with van der Waals surface area (Å²) in [5, 5.41) is 9.05. The summed E-state index contributed by atoms with van der Waals surface area (Å²) in [5.74, 6) is -0.349. The monoisotopic (exact) mass is 358 g/mol. The van der Waals surface area contributed by atoms with Gasteiger partial charge in [-0.25, -0.2) is 8.42 Å². The van der Waals surface area contributed by atoms with Crippen molar-refractivity contribution in [2.45, 2.75) is 37.2 Å². The van der Waals surface area contributed by atoms with Crippen LogP contribution in [0.2, 0.25) is 0 Å². The second-order valence-electron chi connectivity index (χ2n) is 5.46. The van der Waals surface area contributed by atoms with Crippen molar-refractivity contribution >= 4 is 15.8 Å². The molecule has 24 heavy (non-hydrogen) atoms. The van der Waals surface area contributed by atoms with Crippen LogP contribution in [-0.2, 0) is 19.4 Å². The van der Waals surface area contributed by atoms with Crippen molar-refractivity contribution in [2.75, 3.05) is 26.1 Å². The lowest BCUT2D eigenvalue weighted by atomic mass is 10.1. The Bertz CT molecular complexity index is 697. The maximum atomic E-state index is 12.5. The van der Waals surface area contributed by atoms with Gasteiger partial charge in [0, 0.05) is 6.42 Å². The number of hydrogen-bond acceptors (Lipinski definition) is 7. The zero-order chi connectivity index (χ0) is 17.7. The molecule has 0 amide bonds. The minimum atomic E-state index is -3.77. The second-order valence-corrected chi connectivity index (χ2v) is 7.54. The van der Waals surface area contributed by atoms with Gasteiger partial charge in [-0.3, -0.25) is 4.79 Å². The van der Waals surface area contributed by atoms with E-state index in [9.17, 15) is 13.2 Å². The molecule has 2 rings (SSSR count). The minimum absolute atomic E-state index is 0.0534. The molecule has 0 unspecified atom stereocenters. The number of aliphatic hydroxyl groups excluding tert-OH is 1. The van der Waals surface area contributed by atoms with Crippen LogP contribution in [0.15, 0.2) is 17.0 Å². The molecular weight excluding hydrogens is 336 g/mol. The van der Waals surface area contributed by atoms with E-state index >= 15 is 0 Å². The molecule has 0 aromatic heterocycles. The van der Waals surface area contributed by atoms with Gasteiger partial charge in [-0.1, -0.05) is 6.92 Å². The number of methoxy groups -OCH3 is 1. The standard InChI is InChI=1S/C16H22O7S/c1-3-7-22-16-13(21-2)9-11(12-4-5-15(18)23-12)10-14(16)24(19,20)8-6-17/h9-10,12,17H,3-8H2,1-2H3/t12-/m0/s1. The number of sulfone groups is 1. The highest BCUT2D eigenvalue weighted by atomic mass is 32.2. The Morgan fingerprint density at radius 1 is 1.38 bits per heavy atom. The van der Waals surface area contributed by atoms with Crippen LogP contribution in [0.25, 0.3) is 0 Å². The molecule has 1 atom stereocenters. The normalized spacial score (nSPS) is 17.6. The zero-order valence-corrected chi connectivity index (χ0v) is 14.6. The van der Waals surface area contributed by atoms with Crippen LogP contribution in [0.4, 0.5) is 0 Å². The molecule has 0 spiro atoms. The first-order chi connectivity index (χ1) is 11.4. The number of hydrogen-bond donors (Lipinski definition) is 1. The van der Waals surface area contributed by atoms with Crippen LogP contribution in [-0.4, -0.2) is 45.6 Å². The fourth-order valence-electron chi connectivity index (χ4n) is 2.50. The van der Waals surface area contributed by atoms with Crippen molar-refractivity contribution in [3.05, 3.63) is 17.7 Å². The second kappa shape index (κ2) is 7.85. The molecule has 1 aliphatic rings. The van der Waals surface area contributed by atoms with E-state index in [1.54, 1.807) is 6.07 Å². The van der Waals surface area contributed by atoms with Gasteiger partial charge in [-0.05, 0) is 30.5 Å². The van der Waals surface area contributed by atoms with Gasteiger partial charge >= 0.3 is 5.97 Å². The molecule has 0 radical (unpaired) electrons. The third-order valence-electron chi connectivity index (χ3n) is 3.66. The van der Waals surface area contributed by atoms with Crippen molar-refractivity contribution < 1.29 is 32.5 Å². The van der Waals surface area contributed by atoms with E-state index in [2.05, 4.69) is 0 Å². The van der Waals surface area contributed by atoms with Crippen molar-refractivity contribution in [1.82, 2.24) is 0 Å². The molecule has 134 valence electrons. The van der Waals surface area contributed by atoms with Crippen LogP contribution in [0.3, 0.4) is 0 Å². The van der Waals surface area contributed by atoms with E-state index in [-0.39, 0.29) is 22.4 Å². The third-order valence-corrected chi connectivity index (χ3v) is 5.36. The Balaban J connectivity index is 2.55. The molecular formula is C16H22O7S. The fraction of sp³-hybridized carbons (Fsp3) is 0.562. The summed E-state index contributed by atoms with van der Waals surface area (Å²) >= 11 is 0. The first-order valence-electron chi connectivity index (χ1n) is 7.80. The summed E-state index contributed by atoms with van der Waals surface area (Å²) in [7, 11) is -2.35. The molecule has 7 nitrogen and oxygen atoms in total. The van der Waals surface area contributed by atoms with Crippen LogP contribution < -0.4 is 9.47 Å². The minimum Gasteiger partial charge on any atom is -0.493 e. The molecule has 8 heteroatoms. The summed E-state index contributed by atoms with van der Waals surface area (Å²) in [5.41, 5.74) is 0.540. The highest BCUT2D eigenvalue weighted by Crippen LogP contribution is 2.41. The first-order valence-corrected chi connectivity index (χ1v) is 9.46. The number of ether oxygens (including phenoxy) is 3. The van der Waals surface area contributed by atoms with E-state index in [0.29, 0.717) is 31.4 Å². The molecule has 0 aliphatic carbocycles. The Morgan fingerprint density at radius 3 is 2.67 bits per heavy atom. The van der Waals surface area contributed by atoms with Gasteiger partial charge in [0.25, 0.3) is 0 Å². The Labute approximate surface area is 141 Å². The molecule has 0 saturated carbocycles. The number of aliphatic hydroxyl groups is 1. The van der Waals surface area contributed by atoms with Gasteiger partial charge in [0.1, 0.15) is 11.0 Å². The number of benzene rings is 1. The smallest absolute Gasteiger partial charge is 0.306 e. The summed E-state index contributed by atoms with van der Waals surface area (Å²) in [4.78, 5) is 11.3. The summed E-state index contributed by atoms with van der Waals surface area (Å²) in [6.07, 6.45) is 0.968. The number of cyclic esters (lactones) is 1. The molecule has 1 fully saturated rings. The van der Waals surface area contributed by atoms with Gasteiger partial charge in [0.05, 0.1) is 26.1 Å². The molecule has 1 aromatic carbocycles. The zero-order valence-electron chi connectivity index (χ0n) is 13.8. The van der Waals surface area contributed by atoms with E-state index < -0.39 is 28.3 Å². The fourth-order valence-corrected chi connectivity index (χ4v) is 3.72. The Hall–Kier alpha value is -1.80. The summed E-state index contributed by atoms with van der Waals surface area (Å²) < 4.78 is 41.1. The molecule has 1 saturated heterocycles. The van der Waals surface area contributed by atoms with E-state index in [4.69, 9.17) is 19.3 Å². The maximum absolute atomic E-state index is 12.5. The SMILES string of the molecule is CCCOc1c(OC)cc([C@@H]2CCC(=O)O2)cc1S(=O)(=O)CCO. The molecule has 1 heterocycles. The quantitative estimate of drug-likeness (QED) is 0.705. The molecule has 1 N–H and O–H groups in total. The van der Waals surface area contributed by atoms with Gasteiger partial charge < -0.3 is 19.3 Å². The number of esters is 1. The van der Waals surface area contributed by atoms with Gasteiger partial charge in [-0.15, -0.1) is 0 Å². The van der Waals surface area contributed by atoms with Crippen molar-refractivity contribution in [1.29, 1.82) is 0 Å². The lowest BCUT2D eigenvalue weighted by molar-refractivity contribution is -0.141. The van der Waals surface area contributed by atoms with Crippen molar-refractivity contribution in [3.8, 4) is 11.5 Å². The lowest BCUT2D eigenvalue weighted by Crippen LogP contribution is -2.14. The van der Waals surface area contributed by atoms with Gasteiger partial charge in [0.2, 0.25) is 0 Å². The average molecular weight is 358 g/mol. The van der Waals surface area contributed by atoms with Crippen molar-refractivity contribution in [3.63, 3.8) is 0 Å². The summed E-state index contributed by atoms with van der Waals surface area (Å²) in [6.45, 7) is 1.73. The number of carbonyl (C=O) groups excluding carboxylic acids is 1. The summed E-state index contributed by atoms with van der Waals surface area (Å²) in [6, 6.07) is 3.08. The topological polar surface area (TPSA) is 99.1 Å². The predicted octanol–water partition coefficient (Wildman–Crippen LogP) is 1.63.